The summed E-state index contributed by atoms with van der Waals surface area (Å²) in [6, 6.07) is 27.1. The predicted octanol–water partition coefficient (Wildman–Crippen LogP) is 8.44. The lowest BCUT2D eigenvalue weighted by atomic mass is 9.96. The number of rotatable bonds is 10. The fourth-order valence-corrected chi connectivity index (χ4v) is 5.55. The lowest BCUT2D eigenvalue weighted by Crippen LogP contribution is -2.14. The Morgan fingerprint density at radius 3 is 2.53 bits per heavy atom. The summed E-state index contributed by atoms with van der Waals surface area (Å²) in [6.07, 6.45) is 8.37. The van der Waals surface area contributed by atoms with Gasteiger partial charge in [-0.1, -0.05) is 60.1 Å². The Hall–Kier alpha value is -2.79. The number of hydrogen-bond acceptors (Lipinski definition) is 4. The van der Waals surface area contributed by atoms with Gasteiger partial charge in [0.15, 0.2) is 0 Å². The minimum Gasteiger partial charge on any atom is -0.490 e. The van der Waals surface area contributed by atoms with E-state index in [1.54, 1.807) is 0 Å². The standard InChI is InChI=1S/C31H28ClNO2S/c32-29-13-12-25(36-21-22-6-2-1-3-7-22)18-23(29)20-34-31(15-16-31)28-19-33-17-14-26(28)27-8-4-5-9-30(27)35-24-10-11-24/h1-9,12-14,17-19,24H,10-11,15-16,20-21H2. The van der Waals surface area contributed by atoms with E-state index in [-0.39, 0.29) is 5.60 Å². The normalized spacial score (nSPS) is 16.0. The van der Waals surface area contributed by atoms with Crippen molar-refractivity contribution in [1.82, 2.24) is 4.98 Å². The molecule has 0 saturated heterocycles. The van der Waals surface area contributed by atoms with Crippen molar-refractivity contribution in [3.8, 4) is 16.9 Å². The number of pyridine rings is 1. The first-order chi connectivity index (χ1) is 17.7. The van der Waals surface area contributed by atoms with E-state index in [1.165, 1.54) is 10.5 Å². The van der Waals surface area contributed by atoms with Crippen LogP contribution in [0, 0.1) is 0 Å². The van der Waals surface area contributed by atoms with E-state index < -0.39 is 0 Å². The first-order valence-corrected chi connectivity index (χ1v) is 13.9. The zero-order chi connectivity index (χ0) is 24.4. The van der Waals surface area contributed by atoms with Crippen LogP contribution in [-0.2, 0) is 22.7 Å². The molecule has 2 aliphatic carbocycles. The maximum absolute atomic E-state index is 6.63. The molecule has 0 atom stereocenters. The summed E-state index contributed by atoms with van der Waals surface area (Å²) in [5, 5.41) is 0.740. The van der Waals surface area contributed by atoms with Crippen LogP contribution >= 0.6 is 23.4 Å². The van der Waals surface area contributed by atoms with Crippen LogP contribution in [0.5, 0.6) is 5.75 Å². The summed E-state index contributed by atoms with van der Waals surface area (Å²) in [5.74, 6) is 1.86. The highest BCUT2D eigenvalue weighted by molar-refractivity contribution is 7.98. The fraction of sp³-hybridized carbons (Fsp3) is 0.258. The molecule has 0 N–H and O–H groups in total. The number of nitrogens with zero attached hydrogens (tertiary/aromatic N) is 1. The zero-order valence-electron chi connectivity index (χ0n) is 20.0. The molecule has 2 aliphatic rings. The van der Waals surface area contributed by atoms with Crippen molar-refractivity contribution < 1.29 is 9.47 Å². The molecular formula is C31H28ClNO2S. The second-order valence-corrected chi connectivity index (χ2v) is 11.0. The molecule has 182 valence electrons. The minimum absolute atomic E-state index is 0.340. The molecule has 1 heterocycles. The SMILES string of the molecule is Clc1ccc(SCc2ccccc2)cc1COC1(c2cnccc2-c2ccccc2OC2CC2)CC1. The van der Waals surface area contributed by atoms with Crippen LogP contribution in [0.4, 0.5) is 0 Å². The molecule has 0 amide bonds. The molecule has 0 bridgehead atoms. The van der Waals surface area contributed by atoms with Crippen LogP contribution in [0.1, 0.15) is 42.4 Å². The van der Waals surface area contributed by atoms with Crippen molar-refractivity contribution in [3.05, 3.63) is 113 Å². The molecule has 1 aromatic heterocycles. The van der Waals surface area contributed by atoms with Gasteiger partial charge in [-0.3, -0.25) is 4.98 Å². The lowest BCUT2D eigenvalue weighted by Gasteiger charge is -2.22. The third-order valence-corrected chi connectivity index (χ3v) is 8.21. The van der Waals surface area contributed by atoms with Crippen LogP contribution in [0.2, 0.25) is 5.02 Å². The molecule has 0 radical (unpaired) electrons. The number of aromatic nitrogens is 1. The summed E-state index contributed by atoms with van der Waals surface area (Å²) in [7, 11) is 0. The first kappa shape index (κ1) is 23.6. The molecule has 3 aromatic carbocycles. The maximum Gasteiger partial charge on any atom is 0.127 e. The van der Waals surface area contributed by atoms with E-state index in [0.717, 1.165) is 64.5 Å². The smallest absolute Gasteiger partial charge is 0.127 e. The average Bonchev–Trinajstić information content (AvgIpc) is 3.86. The summed E-state index contributed by atoms with van der Waals surface area (Å²) in [5.41, 5.74) is 5.35. The summed E-state index contributed by atoms with van der Waals surface area (Å²) in [4.78, 5) is 5.66. The van der Waals surface area contributed by atoms with E-state index in [1.807, 2.05) is 42.4 Å². The van der Waals surface area contributed by atoms with Crippen molar-refractivity contribution in [2.45, 2.75) is 54.6 Å². The maximum atomic E-state index is 6.63. The van der Waals surface area contributed by atoms with E-state index >= 15 is 0 Å². The highest BCUT2D eigenvalue weighted by atomic mass is 35.5. The van der Waals surface area contributed by atoms with Crippen LogP contribution in [-0.4, -0.2) is 11.1 Å². The summed E-state index contributed by atoms with van der Waals surface area (Å²) in [6.45, 7) is 0.465. The Kier molecular flexibility index (Phi) is 6.75. The Balaban J connectivity index is 1.21. The number of para-hydroxylation sites is 1. The van der Waals surface area contributed by atoms with Gasteiger partial charge in [0.05, 0.1) is 18.3 Å². The van der Waals surface area contributed by atoms with Crippen LogP contribution in [0.25, 0.3) is 11.1 Å². The number of thioether (sulfide) groups is 1. The molecule has 2 saturated carbocycles. The molecule has 3 nitrogen and oxygen atoms in total. The third kappa shape index (κ3) is 5.31. The lowest BCUT2D eigenvalue weighted by molar-refractivity contribution is 0.0173. The number of hydrogen-bond donors (Lipinski definition) is 0. The van der Waals surface area contributed by atoms with Crippen molar-refractivity contribution in [1.29, 1.82) is 0 Å². The van der Waals surface area contributed by atoms with Crippen LogP contribution < -0.4 is 4.74 Å². The second kappa shape index (κ2) is 10.3. The van der Waals surface area contributed by atoms with E-state index in [2.05, 4.69) is 65.6 Å². The highest BCUT2D eigenvalue weighted by Crippen LogP contribution is 2.53. The van der Waals surface area contributed by atoms with Crippen molar-refractivity contribution in [2.75, 3.05) is 0 Å². The number of benzene rings is 3. The van der Waals surface area contributed by atoms with Gasteiger partial charge in [-0.25, -0.2) is 0 Å². The van der Waals surface area contributed by atoms with Gasteiger partial charge in [-0.05, 0) is 72.7 Å². The van der Waals surface area contributed by atoms with Gasteiger partial charge in [-0.2, -0.15) is 0 Å². The van der Waals surface area contributed by atoms with E-state index in [9.17, 15) is 0 Å². The Bertz CT molecular complexity index is 1350. The third-order valence-electron chi connectivity index (χ3n) is 6.78. The molecule has 4 aromatic rings. The van der Waals surface area contributed by atoms with E-state index in [0.29, 0.717) is 12.7 Å². The molecule has 36 heavy (non-hydrogen) atoms. The quantitative estimate of drug-likeness (QED) is 0.199. The number of halogens is 1. The Morgan fingerprint density at radius 2 is 1.72 bits per heavy atom. The molecular weight excluding hydrogens is 486 g/mol. The molecule has 0 spiro atoms. The fourth-order valence-electron chi connectivity index (χ4n) is 4.46. The topological polar surface area (TPSA) is 31.4 Å². The molecule has 0 unspecified atom stereocenters. The summed E-state index contributed by atoms with van der Waals surface area (Å²) >= 11 is 8.41. The Labute approximate surface area is 221 Å². The van der Waals surface area contributed by atoms with Crippen molar-refractivity contribution in [3.63, 3.8) is 0 Å². The van der Waals surface area contributed by atoms with Gasteiger partial charge >= 0.3 is 0 Å². The van der Waals surface area contributed by atoms with E-state index in [4.69, 9.17) is 21.1 Å². The average molecular weight is 514 g/mol. The van der Waals surface area contributed by atoms with Crippen molar-refractivity contribution in [2.24, 2.45) is 0 Å². The highest BCUT2D eigenvalue weighted by Gasteiger charge is 2.47. The Morgan fingerprint density at radius 1 is 0.917 bits per heavy atom. The van der Waals surface area contributed by atoms with Gasteiger partial charge in [0.1, 0.15) is 5.75 Å². The van der Waals surface area contributed by atoms with Gasteiger partial charge < -0.3 is 9.47 Å². The minimum atomic E-state index is -0.340. The molecule has 5 heteroatoms. The monoisotopic (exact) mass is 513 g/mol. The van der Waals surface area contributed by atoms with Crippen molar-refractivity contribution >= 4 is 23.4 Å². The number of ether oxygens (including phenoxy) is 2. The molecule has 2 fully saturated rings. The summed E-state index contributed by atoms with van der Waals surface area (Å²) < 4.78 is 12.9. The molecule has 6 rings (SSSR count). The second-order valence-electron chi connectivity index (χ2n) is 9.55. The largest absolute Gasteiger partial charge is 0.490 e. The van der Waals surface area contributed by atoms with Gasteiger partial charge in [0.25, 0.3) is 0 Å². The predicted molar refractivity (Wildman–Crippen MR) is 146 cm³/mol. The first-order valence-electron chi connectivity index (χ1n) is 12.5. The van der Waals surface area contributed by atoms with Gasteiger partial charge in [0, 0.05) is 39.2 Å². The molecule has 0 aliphatic heterocycles. The van der Waals surface area contributed by atoms with Crippen LogP contribution in [0.3, 0.4) is 0 Å². The van der Waals surface area contributed by atoms with Crippen LogP contribution in [0.15, 0.2) is 96.2 Å². The van der Waals surface area contributed by atoms with Gasteiger partial charge in [0.2, 0.25) is 0 Å². The van der Waals surface area contributed by atoms with Gasteiger partial charge in [-0.15, -0.1) is 11.8 Å². The zero-order valence-corrected chi connectivity index (χ0v) is 21.6.